The number of fused-ring (bicyclic) bond motifs is 1. The van der Waals surface area contributed by atoms with E-state index in [2.05, 4.69) is 39.7 Å². The summed E-state index contributed by atoms with van der Waals surface area (Å²) in [6, 6.07) is 14.3. The third-order valence-electron chi connectivity index (χ3n) is 4.03. The highest BCUT2D eigenvalue weighted by atomic mass is 32.1. The van der Waals surface area contributed by atoms with E-state index in [4.69, 9.17) is 14.7 Å². The van der Waals surface area contributed by atoms with Crippen molar-refractivity contribution in [3.8, 4) is 17.3 Å². The molecular formula is C19H16N4OS. The Hall–Kier alpha value is -3.04. The fourth-order valence-electron chi connectivity index (χ4n) is 2.86. The highest BCUT2D eigenvalue weighted by molar-refractivity contribution is 7.14. The van der Waals surface area contributed by atoms with E-state index in [1.807, 2.05) is 24.3 Å². The summed E-state index contributed by atoms with van der Waals surface area (Å²) in [4.78, 5) is 4.71. The van der Waals surface area contributed by atoms with Crippen molar-refractivity contribution in [1.82, 2.24) is 9.55 Å². The molecule has 1 N–H and O–H groups in total. The molecule has 25 heavy (non-hydrogen) atoms. The van der Waals surface area contributed by atoms with Gasteiger partial charge in [0.1, 0.15) is 5.76 Å². The van der Waals surface area contributed by atoms with Crippen molar-refractivity contribution in [2.45, 2.75) is 19.5 Å². The van der Waals surface area contributed by atoms with Gasteiger partial charge in [0.25, 0.3) is 0 Å². The van der Waals surface area contributed by atoms with Gasteiger partial charge >= 0.3 is 0 Å². The number of rotatable bonds is 6. The zero-order valence-electron chi connectivity index (χ0n) is 13.5. The van der Waals surface area contributed by atoms with Crippen LogP contribution in [0.1, 0.15) is 12.2 Å². The molecule has 4 aromatic rings. The molecule has 0 fully saturated rings. The predicted octanol–water partition coefficient (Wildman–Crippen LogP) is 4.88. The van der Waals surface area contributed by atoms with Gasteiger partial charge in [0.2, 0.25) is 0 Å². The van der Waals surface area contributed by atoms with Crippen LogP contribution in [-0.4, -0.2) is 9.55 Å². The Morgan fingerprint density at radius 1 is 1.24 bits per heavy atom. The maximum atomic E-state index is 8.87. The number of hydrogen-bond acceptors (Lipinski definition) is 5. The average molecular weight is 348 g/mol. The van der Waals surface area contributed by atoms with Gasteiger partial charge in [-0.1, -0.05) is 18.2 Å². The van der Waals surface area contributed by atoms with E-state index in [1.54, 1.807) is 17.6 Å². The van der Waals surface area contributed by atoms with Gasteiger partial charge in [-0.25, -0.2) is 4.98 Å². The largest absolute Gasteiger partial charge is 0.467 e. The van der Waals surface area contributed by atoms with Gasteiger partial charge < -0.3 is 14.3 Å². The van der Waals surface area contributed by atoms with Crippen molar-refractivity contribution in [3.63, 3.8) is 0 Å². The minimum absolute atomic E-state index is 0.491. The van der Waals surface area contributed by atoms with Crippen molar-refractivity contribution in [2.24, 2.45) is 0 Å². The van der Waals surface area contributed by atoms with Crippen LogP contribution in [0.4, 0.5) is 5.13 Å². The molecule has 6 heteroatoms. The molecule has 5 nitrogen and oxygen atoms in total. The quantitative estimate of drug-likeness (QED) is 0.539. The fraction of sp³-hybridized carbons (Fsp3) is 0.158. The summed E-state index contributed by atoms with van der Waals surface area (Å²) in [5.74, 6) is 0.879. The smallest absolute Gasteiger partial charge is 0.183 e. The molecule has 0 bridgehead atoms. The topological polar surface area (TPSA) is 66.8 Å². The maximum Gasteiger partial charge on any atom is 0.183 e. The van der Waals surface area contributed by atoms with Crippen LogP contribution in [0.3, 0.4) is 0 Å². The molecule has 3 heterocycles. The zero-order chi connectivity index (χ0) is 17.1. The lowest BCUT2D eigenvalue weighted by Gasteiger charge is -2.00. The van der Waals surface area contributed by atoms with Crippen molar-refractivity contribution >= 4 is 27.4 Å². The molecule has 3 aromatic heterocycles. The first-order valence-electron chi connectivity index (χ1n) is 8.02. The Labute approximate surface area is 149 Å². The van der Waals surface area contributed by atoms with Crippen molar-refractivity contribution in [3.05, 3.63) is 60.0 Å². The number of nitrogens with zero attached hydrogens (tertiary/aromatic N) is 3. The second kappa shape index (κ2) is 6.83. The summed E-state index contributed by atoms with van der Waals surface area (Å²) >= 11 is 1.58. The molecular weight excluding hydrogens is 332 g/mol. The molecule has 124 valence electrons. The Morgan fingerprint density at radius 3 is 3.00 bits per heavy atom. The van der Waals surface area contributed by atoms with Crippen LogP contribution in [0.15, 0.2) is 58.7 Å². The first-order valence-corrected chi connectivity index (χ1v) is 8.90. The number of aryl methyl sites for hydroxylation is 1. The molecule has 0 aliphatic carbocycles. The lowest BCUT2D eigenvalue weighted by molar-refractivity contribution is 0.518. The van der Waals surface area contributed by atoms with E-state index in [9.17, 15) is 0 Å². The van der Waals surface area contributed by atoms with Gasteiger partial charge in [0, 0.05) is 34.6 Å². The summed E-state index contributed by atoms with van der Waals surface area (Å²) in [7, 11) is 0. The first-order chi connectivity index (χ1) is 12.3. The number of nitrogens with one attached hydrogen (secondary N) is 1. The van der Waals surface area contributed by atoms with Crippen molar-refractivity contribution in [1.29, 1.82) is 5.26 Å². The van der Waals surface area contributed by atoms with Crippen LogP contribution in [0, 0.1) is 11.3 Å². The average Bonchev–Trinajstić information content (AvgIpc) is 3.37. The van der Waals surface area contributed by atoms with Gasteiger partial charge in [-0.15, -0.1) is 11.3 Å². The monoisotopic (exact) mass is 348 g/mol. The van der Waals surface area contributed by atoms with Crippen molar-refractivity contribution < 1.29 is 4.42 Å². The standard InChI is InChI=1S/C19H16N4OS/c20-8-4-9-23-12-16(15-6-1-2-7-18(15)23)17-13-25-19(22-17)21-11-14-5-3-10-24-14/h1-3,5-7,10,12-13H,4,9,11H2,(H,21,22). The molecule has 0 amide bonds. The summed E-state index contributed by atoms with van der Waals surface area (Å²) in [6.07, 6.45) is 4.25. The van der Waals surface area contributed by atoms with Crippen LogP contribution in [0.25, 0.3) is 22.2 Å². The summed E-state index contributed by atoms with van der Waals surface area (Å²) in [5.41, 5.74) is 3.17. The lowest BCUT2D eigenvalue weighted by atomic mass is 10.1. The number of para-hydroxylation sites is 1. The summed E-state index contributed by atoms with van der Waals surface area (Å²) in [6.45, 7) is 1.30. The van der Waals surface area contributed by atoms with Crippen LogP contribution < -0.4 is 5.32 Å². The maximum absolute atomic E-state index is 8.87. The molecule has 0 radical (unpaired) electrons. The SMILES string of the molecule is N#CCCn1cc(-c2csc(NCc3ccco3)n2)c2ccccc21. The number of aromatic nitrogens is 2. The molecule has 0 spiro atoms. The molecule has 0 unspecified atom stereocenters. The number of anilines is 1. The van der Waals surface area contributed by atoms with Crippen LogP contribution in [0.2, 0.25) is 0 Å². The Bertz CT molecular complexity index is 1020. The summed E-state index contributed by atoms with van der Waals surface area (Å²) in [5, 5.41) is 16.2. The molecule has 1 aromatic carbocycles. The lowest BCUT2D eigenvalue weighted by Crippen LogP contribution is -1.97. The van der Waals surface area contributed by atoms with E-state index < -0.39 is 0 Å². The Kier molecular flexibility index (Phi) is 4.23. The molecule has 0 saturated carbocycles. The van der Waals surface area contributed by atoms with Crippen LogP contribution >= 0.6 is 11.3 Å². The van der Waals surface area contributed by atoms with Crippen LogP contribution in [0.5, 0.6) is 0 Å². The number of benzene rings is 1. The van der Waals surface area contributed by atoms with E-state index in [0.29, 0.717) is 19.5 Å². The zero-order valence-corrected chi connectivity index (χ0v) is 14.3. The van der Waals surface area contributed by atoms with Gasteiger partial charge in [0.05, 0.1) is 31.0 Å². The second-order valence-corrected chi connectivity index (χ2v) is 6.49. The van der Waals surface area contributed by atoms with Crippen molar-refractivity contribution in [2.75, 3.05) is 5.32 Å². The molecule has 0 aliphatic heterocycles. The summed E-state index contributed by atoms with van der Waals surface area (Å²) < 4.78 is 7.46. The molecule has 4 rings (SSSR count). The van der Waals surface area contributed by atoms with E-state index >= 15 is 0 Å². The minimum Gasteiger partial charge on any atom is -0.467 e. The Morgan fingerprint density at radius 2 is 2.16 bits per heavy atom. The normalized spacial score (nSPS) is 10.8. The van der Waals surface area contributed by atoms with E-state index in [1.165, 1.54) is 0 Å². The minimum atomic E-state index is 0.491. The molecule has 0 saturated heterocycles. The Balaban J connectivity index is 1.62. The number of nitriles is 1. The highest BCUT2D eigenvalue weighted by Gasteiger charge is 2.13. The second-order valence-electron chi connectivity index (χ2n) is 5.63. The van der Waals surface area contributed by atoms with E-state index in [-0.39, 0.29) is 0 Å². The number of furan rings is 1. The fourth-order valence-corrected chi connectivity index (χ4v) is 3.57. The molecule has 0 atom stereocenters. The first kappa shape index (κ1) is 15.5. The number of hydrogen-bond donors (Lipinski definition) is 1. The van der Waals surface area contributed by atoms with Crippen LogP contribution in [-0.2, 0) is 13.1 Å². The van der Waals surface area contributed by atoms with Gasteiger partial charge in [-0.05, 0) is 18.2 Å². The van der Waals surface area contributed by atoms with Gasteiger partial charge in [-0.3, -0.25) is 0 Å². The third-order valence-corrected chi connectivity index (χ3v) is 4.83. The van der Waals surface area contributed by atoms with Gasteiger partial charge in [-0.2, -0.15) is 5.26 Å². The third kappa shape index (κ3) is 3.14. The number of thiazole rings is 1. The predicted molar refractivity (Wildman–Crippen MR) is 99.3 cm³/mol. The molecule has 0 aliphatic rings. The van der Waals surface area contributed by atoms with E-state index in [0.717, 1.165) is 33.1 Å². The highest BCUT2D eigenvalue weighted by Crippen LogP contribution is 2.32. The van der Waals surface area contributed by atoms with Gasteiger partial charge in [0.15, 0.2) is 5.13 Å².